The molecule has 0 unspecified atom stereocenters. The van der Waals surface area contributed by atoms with Gasteiger partial charge in [0.1, 0.15) is 5.75 Å². The lowest BCUT2D eigenvalue weighted by molar-refractivity contribution is 0.102. The van der Waals surface area contributed by atoms with Crippen LogP contribution in [-0.2, 0) is 9.84 Å². The van der Waals surface area contributed by atoms with Crippen LogP contribution in [0.4, 0.5) is 5.69 Å². The predicted octanol–water partition coefficient (Wildman–Crippen LogP) is 2.94. The Hall–Kier alpha value is -2.40. The van der Waals surface area contributed by atoms with Crippen molar-refractivity contribution in [2.75, 3.05) is 17.6 Å². The summed E-state index contributed by atoms with van der Waals surface area (Å²) in [7, 11) is -3.67. The summed E-state index contributed by atoms with van der Waals surface area (Å²) in [4.78, 5) is 12.2. The van der Waals surface area contributed by atoms with Gasteiger partial charge in [0, 0.05) is 17.8 Å². The minimum atomic E-state index is -3.67. The van der Waals surface area contributed by atoms with Gasteiger partial charge in [-0.3, -0.25) is 4.79 Å². The van der Waals surface area contributed by atoms with Crippen LogP contribution in [0.2, 0.25) is 0 Å². The van der Waals surface area contributed by atoms with Crippen LogP contribution in [-0.4, -0.2) is 26.5 Å². The molecule has 1 N–H and O–H groups in total. The third-order valence-electron chi connectivity index (χ3n) is 3.06. The van der Waals surface area contributed by atoms with E-state index in [2.05, 4.69) is 11.9 Å². The number of Topliss-reactive ketones (excluding diaryl/α,β-unsaturated/α-hetero) is 1. The molecule has 0 spiro atoms. The van der Waals surface area contributed by atoms with Gasteiger partial charge in [-0.05, 0) is 18.2 Å². The molecule has 0 aliphatic rings. The van der Waals surface area contributed by atoms with Crippen LogP contribution in [0.5, 0.6) is 0 Å². The van der Waals surface area contributed by atoms with E-state index in [9.17, 15) is 13.2 Å². The number of sulfone groups is 1. The van der Waals surface area contributed by atoms with Crippen molar-refractivity contribution in [3.63, 3.8) is 0 Å². The number of carbonyl (C=O) groups is 1. The lowest BCUT2D eigenvalue weighted by Gasteiger charge is -2.07. The highest BCUT2D eigenvalue weighted by Gasteiger charge is 2.20. The zero-order valence-corrected chi connectivity index (χ0v) is 12.8. The van der Waals surface area contributed by atoms with Gasteiger partial charge in [0.25, 0.3) is 0 Å². The van der Waals surface area contributed by atoms with Crippen LogP contribution in [0.1, 0.15) is 10.4 Å². The zero-order chi connectivity index (χ0) is 16.0. The van der Waals surface area contributed by atoms with Crippen molar-refractivity contribution in [3.05, 3.63) is 72.8 Å². The van der Waals surface area contributed by atoms with Crippen molar-refractivity contribution in [2.45, 2.75) is 4.90 Å². The Morgan fingerprint density at radius 3 is 2.50 bits per heavy atom. The molecule has 114 valence electrons. The fraction of sp³-hybridized carbons (Fsp3) is 0.118. The van der Waals surface area contributed by atoms with E-state index in [-0.39, 0.29) is 4.90 Å². The highest BCUT2D eigenvalue weighted by molar-refractivity contribution is 7.92. The first-order chi connectivity index (χ1) is 10.5. The number of benzene rings is 2. The zero-order valence-electron chi connectivity index (χ0n) is 12.0. The molecular formula is C17H17NO3S. The van der Waals surface area contributed by atoms with E-state index in [1.807, 2.05) is 0 Å². The van der Waals surface area contributed by atoms with Crippen LogP contribution < -0.4 is 5.32 Å². The molecule has 0 saturated heterocycles. The Balaban J connectivity index is 2.20. The molecule has 0 radical (unpaired) electrons. The quantitative estimate of drug-likeness (QED) is 0.630. The lowest BCUT2D eigenvalue weighted by Crippen LogP contribution is -2.16. The predicted molar refractivity (Wildman–Crippen MR) is 88.0 cm³/mol. The number of anilines is 1. The number of nitrogens with one attached hydrogen (secondary N) is 1. The van der Waals surface area contributed by atoms with Gasteiger partial charge in [0.2, 0.25) is 0 Å². The summed E-state index contributed by atoms with van der Waals surface area (Å²) < 4.78 is 24.7. The fourth-order valence-electron chi connectivity index (χ4n) is 1.95. The van der Waals surface area contributed by atoms with Crippen LogP contribution in [0.25, 0.3) is 0 Å². The number of hydrogen-bond donors (Lipinski definition) is 1. The van der Waals surface area contributed by atoms with Crippen molar-refractivity contribution in [2.24, 2.45) is 0 Å². The van der Waals surface area contributed by atoms with Crippen molar-refractivity contribution < 1.29 is 13.2 Å². The second-order valence-electron chi connectivity index (χ2n) is 4.75. The Morgan fingerprint density at radius 2 is 1.82 bits per heavy atom. The molecule has 0 aliphatic heterocycles. The maximum Gasteiger partial charge on any atom is 0.185 e. The van der Waals surface area contributed by atoms with E-state index in [1.165, 1.54) is 12.1 Å². The molecular weight excluding hydrogens is 298 g/mol. The summed E-state index contributed by atoms with van der Waals surface area (Å²) >= 11 is 0. The normalized spacial score (nSPS) is 10.9. The molecule has 0 amide bonds. The molecule has 0 atom stereocenters. The molecule has 2 rings (SSSR count). The second kappa shape index (κ2) is 7.04. The number of hydrogen-bond acceptors (Lipinski definition) is 4. The molecule has 0 saturated carbocycles. The third-order valence-corrected chi connectivity index (χ3v) is 4.67. The van der Waals surface area contributed by atoms with Gasteiger partial charge in [-0.1, -0.05) is 42.5 Å². The van der Waals surface area contributed by atoms with Crippen LogP contribution in [0.3, 0.4) is 0 Å². The molecule has 22 heavy (non-hydrogen) atoms. The summed E-state index contributed by atoms with van der Waals surface area (Å²) in [5.74, 6) is -0.952. The minimum absolute atomic E-state index is 0.130. The molecule has 4 nitrogen and oxygen atoms in total. The highest BCUT2D eigenvalue weighted by atomic mass is 32.2. The van der Waals surface area contributed by atoms with Gasteiger partial charge in [0.05, 0.1) is 4.90 Å². The Bertz CT molecular complexity index is 768. The van der Waals surface area contributed by atoms with Gasteiger partial charge in [0.15, 0.2) is 15.6 Å². The minimum Gasteiger partial charge on any atom is -0.382 e. The third kappa shape index (κ3) is 4.05. The maximum atomic E-state index is 12.4. The summed E-state index contributed by atoms with van der Waals surface area (Å²) in [6.45, 7) is 4.13. The summed E-state index contributed by atoms with van der Waals surface area (Å²) in [6.07, 6.45) is 1.68. The van der Waals surface area contributed by atoms with Crippen molar-refractivity contribution in [1.82, 2.24) is 0 Å². The fourth-order valence-corrected chi connectivity index (χ4v) is 3.22. The van der Waals surface area contributed by atoms with Crippen molar-refractivity contribution in [3.8, 4) is 0 Å². The largest absolute Gasteiger partial charge is 0.382 e. The second-order valence-corrected chi connectivity index (χ2v) is 6.74. The standard InChI is InChI=1S/C17H17NO3S/c1-2-11-18-15-9-6-10-16(12-15)22(20,21)13-17(19)14-7-4-3-5-8-14/h2-10,12,18H,1,11,13H2. The monoisotopic (exact) mass is 315 g/mol. The van der Waals surface area contributed by atoms with Gasteiger partial charge in [-0.15, -0.1) is 6.58 Å². The SMILES string of the molecule is C=CCNc1cccc(S(=O)(=O)CC(=O)c2ccccc2)c1. The first-order valence-corrected chi connectivity index (χ1v) is 8.44. The first kappa shape index (κ1) is 16.0. The van der Waals surface area contributed by atoms with Crippen LogP contribution in [0.15, 0.2) is 72.1 Å². The van der Waals surface area contributed by atoms with E-state index >= 15 is 0 Å². The molecule has 2 aromatic carbocycles. The maximum absolute atomic E-state index is 12.4. The first-order valence-electron chi connectivity index (χ1n) is 6.79. The number of ketones is 1. The average Bonchev–Trinajstić information content (AvgIpc) is 2.53. The molecule has 0 fully saturated rings. The van der Waals surface area contributed by atoms with Gasteiger partial charge in [-0.2, -0.15) is 0 Å². The molecule has 0 aliphatic carbocycles. The lowest BCUT2D eigenvalue weighted by atomic mass is 10.2. The Kier molecular flexibility index (Phi) is 5.12. The average molecular weight is 315 g/mol. The highest BCUT2D eigenvalue weighted by Crippen LogP contribution is 2.18. The van der Waals surface area contributed by atoms with Crippen molar-refractivity contribution in [1.29, 1.82) is 0 Å². The summed E-state index contributed by atoms with van der Waals surface area (Å²) in [6, 6.07) is 14.8. The van der Waals surface area contributed by atoms with Crippen molar-refractivity contribution >= 4 is 21.3 Å². The van der Waals surface area contributed by atoms with E-state index in [4.69, 9.17) is 0 Å². The Morgan fingerprint density at radius 1 is 1.09 bits per heavy atom. The van der Waals surface area contributed by atoms with E-state index < -0.39 is 21.4 Å². The summed E-state index contributed by atoms with van der Waals surface area (Å²) in [5, 5.41) is 3.02. The smallest absolute Gasteiger partial charge is 0.185 e. The van der Waals surface area contributed by atoms with Crippen LogP contribution in [0, 0.1) is 0 Å². The van der Waals surface area contributed by atoms with E-state index in [0.29, 0.717) is 17.8 Å². The molecule has 5 heteroatoms. The van der Waals surface area contributed by atoms with E-state index in [1.54, 1.807) is 48.5 Å². The van der Waals surface area contributed by atoms with Gasteiger partial charge >= 0.3 is 0 Å². The molecule has 2 aromatic rings. The van der Waals surface area contributed by atoms with Gasteiger partial charge in [-0.25, -0.2) is 8.42 Å². The number of carbonyl (C=O) groups excluding carboxylic acids is 1. The summed E-state index contributed by atoms with van der Waals surface area (Å²) in [5.41, 5.74) is 1.07. The molecule has 0 heterocycles. The van der Waals surface area contributed by atoms with E-state index in [0.717, 1.165) is 0 Å². The Labute approximate surface area is 130 Å². The van der Waals surface area contributed by atoms with Crippen LogP contribution >= 0.6 is 0 Å². The molecule has 0 aromatic heterocycles. The number of rotatable bonds is 7. The van der Waals surface area contributed by atoms with Gasteiger partial charge < -0.3 is 5.32 Å². The topological polar surface area (TPSA) is 63.2 Å². The molecule has 0 bridgehead atoms.